The molecule has 9 atom stereocenters. The maximum atomic E-state index is 11.9. The molecular weight excluding hydrogens is 572 g/mol. The largest absolute Gasteiger partial charge is 0.462 e. The first-order valence-corrected chi connectivity index (χ1v) is 18.8. The SMILES string of the molecule is CCCCCCCCCC[C@H](O)[C@@H]1CC[C@@H]([C@@H]2CC[C@@H]([C@H](O)CCCCC(O)CCCCC[C@H]3CC(CC(C)=O)C(=O)O3)O2)O1. The lowest BCUT2D eigenvalue weighted by Gasteiger charge is -2.24. The summed E-state index contributed by atoms with van der Waals surface area (Å²) < 4.78 is 17.9. The summed E-state index contributed by atoms with van der Waals surface area (Å²) in [6, 6.07) is 0. The van der Waals surface area contributed by atoms with Gasteiger partial charge in [0.15, 0.2) is 0 Å². The number of rotatable bonds is 25. The Labute approximate surface area is 273 Å². The number of esters is 1. The summed E-state index contributed by atoms with van der Waals surface area (Å²) in [4.78, 5) is 23.1. The lowest BCUT2D eigenvalue weighted by atomic mass is 9.96. The van der Waals surface area contributed by atoms with E-state index in [1.165, 1.54) is 51.9 Å². The van der Waals surface area contributed by atoms with Crippen LogP contribution in [0, 0.1) is 5.92 Å². The first-order chi connectivity index (χ1) is 21.8. The maximum absolute atomic E-state index is 11.9. The molecule has 3 aliphatic rings. The van der Waals surface area contributed by atoms with Crippen molar-refractivity contribution in [2.75, 3.05) is 0 Å². The van der Waals surface area contributed by atoms with E-state index in [-0.39, 0.29) is 66.8 Å². The van der Waals surface area contributed by atoms with Crippen LogP contribution in [0.5, 0.6) is 0 Å². The van der Waals surface area contributed by atoms with Gasteiger partial charge in [0.25, 0.3) is 0 Å². The van der Waals surface area contributed by atoms with Gasteiger partial charge < -0.3 is 34.3 Å². The van der Waals surface area contributed by atoms with Crippen LogP contribution in [-0.2, 0) is 23.8 Å². The molecule has 3 aliphatic heterocycles. The highest BCUT2D eigenvalue weighted by Crippen LogP contribution is 2.35. The monoisotopic (exact) mass is 638 g/mol. The van der Waals surface area contributed by atoms with Crippen LogP contribution in [0.25, 0.3) is 0 Å². The fourth-order valence-electron chi connectivity index (χ4n) is 7.57. The number of aliphatic hydroxyl groups is 3. The molecule has 2 unspecified atom stereocenters. The molecule has 0 saturated carbocycles. The fourth-order valence-corrected chi connectivity index (χ4v) is 7.57. The van der Waals surface area contributed by atoms with E-state index < -0.39 is 6.10 Å². The molecule has 3 N–H and O–H groups in total. The Hall–Kier alpha value is -1.06. The molecule has 0 spiro atoms. The Bertz CT molecular complexity index is 820. The van der Waals surface area contributed by atoms with Gasteiger partial charge in [0.2, 0.25) is 0 Å². The molecule has 3 saturated heterocycles. The van der Waals surface area contributed by atoms with Crippen molar-refractivity contribution in [1.29, 1.82) is 0 Å². The third-order valence-corrected chi connectivity index (χ3v) is 10.3. The second kappa shape index (κ2) is 21.7. The van der Waals surface area contributed by atoms with Crippen molar-refractivity contribution in [3.8, 4) is 0 Å². The number of ether oxygens (including phenoxy) is 3. The van der Waals surface area contributed by atoms with Crippen LogP contribution >= 0.6 is 0 Å². The number of unbranched alkanes of at least 4 members (excludes halogenated alkanes) is 10. The summed E-state index contributed by atoms with van der Waals surface area (Å²) in [7, 11) is 0. The molecule has 8 heteroatoms. The van der Waals surface area contributed by atoms with Crippen molar-refractivity contribution in [1.82, 2.24) is 0 Å². The predicted molar refractivity (Wildman–Crippen MR) is 176 cm³/mol. The summed E-state index contributed by atoms with van der Waals surface area (Å²) in [6.45, 7) is 3.76. The van der Waals surface area contributed by atoms with Crippen LogP contribution in [0.2, 0.25) is 0 Å². The van der Waals surface area contributed by atoms with Crippen LogP contribution in [0.4, 0.5) is 0 Å². The Morgan fingerprint density at radius 1 is 0.711 bits per heavy atom. The Kier molecular flexibility index (Phi) is 18.5. The van der Waals surface area contributed by atoms with Gasteiger partial charge in [0.1, 0.15) is 11.9 Å². The van der Waals surface area contributed by atoms with Gasteiger partial charge in [-0.2, -0.15) is 0 Å². The van der Waals surface area contributed by atoms with E-state index in [0.29, 0.717) is 12.8 Å². The van der Waals surface area contributed by atoms with Crippen molar-refractivity contribution in [3.63, 3.8) is 0 Å². The second-order valence-corrected chi connectivity index (χ2v) is 14.5. The van der Waals surface area contributed by atoms with Gasteiger partial charge in [-0.3, -0.25) is 4.79 Å². The molecule has 3 heterocycles. The summed E-state index contributed by atoms with van der Waals surface area (Å²) in [5.41, 5.74) is 0. The van der Waals surface area contributed by atoms with Crippen molar-refractivity contribution in [2.24, 2.45) is 5.92 Å². The fraction of sp³-hybridized carbons (Fsp3) is 0.946. The van der Waals surface area contributed by atoms with E-state index in [1.54, 1.807) is 0 Å². The Morgan fingerprint density at radius 2 is 1.20 bits per heavy atom. The van der Waals surface area contributed by atoms with Crippen molar-refractivity contribution in [3.05, 3.63) is 0 Å². The van der Waals surface area contributed by atoms with Crippen LogP contribution < -0.4 is 0 Å². The minimum atomic E-state index is -0.489. The second-order valence-electron chi connectivity index (χ2n) is 14.5. The van der Waals surface area contributed by atoms with Gasteiger partial charge in [-0.1, -0.05) is 84.0 Å². The predicted octanol–water partition coefficient (Wildman–Crippen LogP) is 7.12. The lowest BCUT2D eigenvalue weighted by molar-refractivity contribution is -0.145. The van der Waals surface area contributed by atoms with Gasteiger partial charge in [-0.25, -0.2) is 0 Å². The normalized spacial score (nSPS) is 28.8. The first kappa shape index (κ1) is 38.4. The molecule has 3 rings (SSSR count). The zero-order chi connectivity index (χ0) is 32.4. The van der Waals surface area contributed by atoms with Gasteiger partial charge in [-0.15, -0.1) is 0 Å². The molecule has 3 fully saturated rings. The molecule has 0 radical (unpaired) electrons. The zero-order valence-electron chi connectivity index (χ0n) is 28.5. The highest BCUT2D eigenvalue weighted by Gasteiger charge is 2.40. The Balaban J connectivity index is 1.16. The number of aliphatic hydroxyl groups excluding tert-OH is 3. The highest BCUT2D eigenvalue weighted by molar-refractivity contribution is 5.83. The lowest BCUT2D eigenvalue weighted by Crippen LogP contribution is -2.33. The number of carbonyl (C=O) groups excluding carboxylic acids is 2. The van der Waals surface area contributed by atoms with Gasteiger partial charge in [-0.05, 0) is 77.6 Å². The third-order valence-electron chi connectivity index (χ3n) is 10.3. The van der Waals surface area contributed by atoms with Gasteiger partial charge in [0, 0.05) is 6.42 Å². The molecular formula is C37H66O8. The first-order valence-electron chi connectivity index (χ1n) is 18.8. The van der Waals surface area contributed by atoms with Crippen molar-refractivity contribution < 1.29 is 39.1 Å². The number of hydrogen-bond donors (Lipinski definition) is 3. The van der Waals surface area contributed by atoms with E-state index in [1.807, 2.05) is 0 Å². The van der Waals surface area contributed by atoms with E-state index >= 15 is 0 Å². The summed E-state index contributed by atoms with van der Waals surface area (Å²) in [5.74, 6) is -0.463. The van der Waals surface area contributed by atoms with Crippen LogP contribution in [0.1, 0.15) is 168 Å². The molecule has 0 amide bonds. The number of ketones is 1. The zero-order valence-corrected chi connectivity index (χ0v) is 28.5. The maximum Gasteiger partial charge on any atom is 0.309 e. The van der Waals surface area contributed by atoms with E-state index in [9.17, 15) is 24.9 Å². The molecule has 0 aromatic carbocycles. The average molecular weight is 639 g/mol. The third kappa shape index (κ3) is 14.7. The smallest absolute Gasteiger partial charge is 0.309 e. The van der Waals surface area contributed by atoms with E-state index in [2.05, 4.69) is 6.92 Å². The molecule has 0 aromatic heterocycles. The van der Waals surface area contributed by atoms with Crippen LogP contribution in [0.15, 0.2) is 0 Å². The van der Waals surface area contributed by atoms with Crippen LogP contribution in [0.3, 0.4) is 0 Å². The number of carbonyl (C=O) groups is 2. The molecule has 0 aromatic rings. The van der Waals surface area contributed by atoms with E-state index in [4.69, 9.17) is 14.2 Å². The summed E-state index contributed by atoms with van der Waals surface area (Å²) in [6.07, 6.45) is 21.6. The number of cyclic esters (lactones) is 1. The summed E-state index contributed by atoms with van der Waals surface area (Å²) in [5, 5.41) is 31.8. The minimum absolute atomic E-state index is 0.00878. The minimum Gasteiger partial charge on any atom is -0.462 e. The Morgan fingerprint density at radius 3 is 1.78 bits per heavy atom. The molecule has 45 heavy (non-hydrogen) atoms. The van der Waals surface area contributed by atoms with Crippen molar-refractivity contribution in [2.45, 2.75) is 217 Å². The molecule has 262 valence electrons. The van der Waals surface area contributed by atoms with E-state index in [0.717, 1.165) is 89.9 Å². The topological polar surface area (TPSA) is 123 Å². The molecule has 8 nitrogen and oxygen atoms in total. The number of hydrogen-bond acceptors (Lipinski definition) is 8. The van der Waals surface area contributed by atoms with Gasteiger partial charge >= 0.3 is 5.97 Å². The standard InChI is InChI=1S/C37H66O8/c1-3-4-5-6-7-8-9-13-19-31(40)33-21-23-35(44-33)36-24-22-34(45-36)32(41)20-15-14-17-29(39)16-11-10-12-18-30-26-28(25-27(2)38)37(42)43-30/h28-36,39-41H,3-26H2,1-2H3/t28?,29?,30-,31-,32+,33-,34-,35-,36-/m0/s1. The quantitative estimate of drug-likeness (QED) is 0.0714. The van der Waals surface area contributed by atoms with Gasteiger partial charge in [0.05, 0.1) is 48.6 Å². The molecule has 0 bridgehead atoms. The molecule has 0 aliphatic carbocycles. The highest BCUT2D eigenvalue weighted by atomic mass is 16.6. The van der Waals surface area contributed by atoms with Crippen LogP contribution in [-0.4, -0.2) is 75.9 Å². The average Bonchev–Trinajstić information content (AvgIpc) is 3.77. The van der Waals surface area contributed by atoms with Crippen molar-refractivity contribution >= 4 is 11.8 Å². The summed E-state index contributed by atoms with van der Waals surface area (Å²) >= 11 is 0. The number of Topliss-reactive ketones (excluding diaryl/α,β-unsaturated/α-hetero) is 1.